The number of benzene rings is 1. The van der Waals surface area contributed by atoms with Crippen molar-refractivity contribution < 1.29 is 22.2 Å². The predicted molar refractivity (Wildman–Crippen MR) is 100 cm³/mol. The predicted octanol–water partition coefficient (Wildman–Crippen LogP) is 2.27. The lowest BCUT2D eigenvalue weighted by Gasteiger charge is -2.11. The lowest BCUT2D eigenvalue weighted by molar-refractivity contribution is 0.375. The van der Waals surface area contributed by atoms with E-state index in [1.54, 1.807) is 42.7 Å². The zero-order valence-electron chi connectivity index (χ0n) is 15.1. The van der Waals surface area contributed by atoms with Crippen LogP contribution in [0, 0.1) is 0 Å². The molecule has 4 aromatic rings. The Hall–Kier alpha value is -3.57. The maximum atomic E-state index is 12.8. The maximum Gasteiger partial charge on any atom is 0.244 e. The van der Waals surface area contributed by atoms with Gasteiger partial charge in [0, 0.05) is 29.6 Å². The molecule has 0 radical (unpaired) electrons. The van der Waals surface area contributed by atoms with Crippen LogP contribution in [0.1, 0.15) is 5.89 Å². The number of methoxy groups -OCH3 is 1. The molecule has 0 unspecified atom stereocenters. The first-order chi connectivity index (χ1) is 14.1. The van der Waals surface area contributed by atoms with Gasteiger partial charge in [0.2, 0.25) is 21.7 Å². The maximum absolute atomic E-state index is 12.8. The Morgan fingerprint density at radius 3 is 2.72 bits per heavy atom. The van der Waals surface area contributed by atoms with Crippen molar-refractivity contribution in [1.82, 2.24) is 25.0 Å². The number of sulfonamides is 1. The Bertz CT molecular complexity index is 1210. The normalized spacial score (nSPS) is 11.5. The van der Waals surface area contributed by atoms with Crippen LogP contribution in [0.4, 0.5) is 0 Å². The molecule has 0 atom stereocenters. The van der Waals surface area contributed by atoms with Crippen LogP contribution in [0.15, 0.2) is 68.9 Å². The second-order valence-electron chi connectivity index (χ2n) is 5.82. The van der Waals surface area contributed by atoms with Gasteiger partial charge in [-0.2, -0.15) is 4.98 Å². The molecule has 3 heterocycles. The highest BCUT2D eigenvalue weighted by Gasteiger charge is 2.22. The van der Waals surface area contributed by atoms with E-state index in [2.05, 4.69) is 25.0 Å². The number of hydrogen-bond donors (Lipinski definition) is 1. The van der Waals surface area contributed by atoms with Crippen LogP contribution >= 0.6 is 0 Å². The number of hydrogen-bond acceptors (Lipinski definition) is 9. The van der Waals surface area contributed by atoms with Gasteiger partial charge in [-0.15, -0.1) is 0 Å². The fourth-order valence-corrected chi connectivity index (χ4v) is 3.75. The Kier molecular flexibility index (Phi) is 5.06. The number of rotatable bonds is 7. The molecular formula is C18H15N5O5S. The molecule has 0 saturated carbocycles. The topological polar surface area (TPSA) is 133 Å². The average Bonchev–Trinajstić information content (AvgIpc) is 3.45. The molecule has 4 rings (SSSR count). The van der Waals surface area contributed by atoms with E-state index in [9.17, 15) is 8.42 Å². The number of aromatic nitrogens is 4. The molecule has 1 aromatic carbocycles. The first-order valence-electron chi connectivity index (χ1n) is 8.38. The zero-order valence-corrected chi connectivity index (χ0v) is 16.0. The monoisotopic (exact) mass is 413 g/mol. The number of nitrogens with one attached hydrogen (secondary N) is 1. The smallest absolute Gasteiger partial charge is 0.244 e. The van der Waals surface area contributed by atoms with Gasteiger partial charge in [0.25, 0.3) is 0 Å². The molecule has 0 bridgehead atoms. The second kappa shape index (κ2) is 7.81. The molecular weight excluding hydrogens is 398 g/mol. The quantitative estimate of drug-likeness (QED) is 0.484. The van der Waals surface area contributed by atoms with E-state index >= 15 is 0 Å². The largest absolute Gasteiger partial charge is 0.495 e. The van der Waals surface area contributed by atoms with Gasteiger partial charge in [-0.05, 0) is 30.3 Å². The lowest BCUT2D eigenvalue weighted by atomic mass is 10.2. The van der Waals surface area contributed by atoms with Gasteiger partial charge < -0.3 is 13.8 Å². The van der Waals surface area contributed by atoms with Crippen LogP contribution in [0.25, 0.3) is 22.7 Å². The Morgan fingerprint density at radius 2 is 2.00 bits per heavy atom. The van der Waals surface area contributed by atoms with E-state index in [1.807, 2.05) is 0 Å². The van der Waals surface area contributed by atoms with Gasteiger partial charge in [0.15, 0.2) is 5.76 Å². The van der Waals surface area contributed by atoms with E-state index < -0.39 is 10.0 Å². The summed E-state index contributed by atoms with van der Waals surface area (Å²) in [6.45, 7) is -0.189. The van der Waals surface area contributed by atoms with Crippen LogP contribution in [0.5, 0.6) is 5.75 Å². The molecule has 1 N–H and O–H groups in total. The minimum absolute atomic E-state index is 0.0547. The third-order valence-corrected chi connectivity index (χ3v) is 5.40. The van der Waals surface area contributed by atoms with Crippen molar-refractivity contribution in [2.75, 3.05) is 7.11 Å². The van der Waals surface area contributed by atoms with Crippen LogP contribution < -0.4 is 9.46 Å². The molecule has 0 spiro atoms. The van der Waals surface area contributed by atoms with Crippen LogP contribution in [0.2, 0.25) is 0 Å². The van der Waals surface area contributed by atoms with E-state index in [1.165, 1.54) is 19.4 Å². The van der Waals surface area contributed by atoms with Crippen molar-refractivity contribution >= 4 is 10.0 Å². The number of pyridine rings is 1. The third kappa shape index (κ3) is 4.00. The molecule has 29 heavy (non-hydrogen) atoms. The highest BCUT2D eigenvalue weighted by atomic mass is 32.2. The minimum Gasteiger partial charge on any atom is -0.495 e. The van der Waals surface area contributed by atoms with Crippen molar-refractivity contribution in [3.8, 4) is 28.5 Å². The summed E-state index contributed by atoms with van der Waals surface area (Å²) >= 11 is 0. The van der Waals surface area contributed by atoms with Crippen molar-refractivity contribution in [1.29, 1.82) is 0 Å². The first kappa shape index (κ1) is 18.8. The van der Waals surface area contributed by atoms with Gasteiger partial charge in [-0.3, -0.25) is 4.98 Å². The molecule has 0 saturated heterocycles. The van der Waals surface area contributed by atoms with Gasteiger partial charge in [-0.1, -0.05) is 10.3 Å². The summed E-state index contributed by atoms with van der Waals surface area (Å²) in [7, 11) is -2.56. The SMILES string of the molecule is COc1ccc(-c2ccno2)cc1S(=O)(=O)NCc1nc(-c2cccnc2)no1. The fourth-order valence-electron chi connectivity index (χ4n) is 2.58. The van der Waals surface area contributed by atoms with Crippen LogP contribution in [-0.2, 0) is 16.6 Å². The van der Waals surface area contributed by atoms with Gasteiger partial charge >= 0.3 is 0 Å². The summed E-state index contributed by atoms with van der Waals surface area (Å²) in [4.78, 5) is 8.11. The molecule has 0 fully saturated rings. The van der Waals surface area contributed by atoms with Crippen molar-refractivity contribution in [2.24, 2.45) is 0 Å². The molecule has 0 amide bonds. The molecule has 0 aliphatic carbocycles. The van der Waals surface area contributed by atoms with Gasteiger partial charge in [0.05, 0.1) is 19.9 Å². The standard InChI is InChI=1S/C18H15N5O5S/c1-26-15-5-4-12(14-6-8-20-27-14)9-16(15)29(24,25)21-11-17-22-18(23-28-17)13-3-2-7-19-10-13/h2-10,21H,11H2,1H3. The summed E-state index contributed by atoms with van der Waals surface area (Å²) in [6.07, 6.45) is 4.68. The van der Waals surface area contributed by atoms with Gasteiger partial charge in [0.1, 0.15) is 10.6 Å². The summed E-state index contributed by atoms with van der Waals surface area (Å²) in [5.41, 5.74) is 1.20. The average molecular weight is 413 g/mol. The van der Waals surface area contributed by atoms with Crippen molar-refractivity contribution in [3.63, 3.8) is 0 Å². The van der Waals surface area contributed by atoms with E-state index in [-0.39, 0.29) is 23.1 Å². The molecule has 3 aromatic heterocycles. The van der Waals surface area contributed by atoms with E-state index in [0.717, 1.165) is 0 Å². The van der Waals surface area contributed by atoms with Crippen LogP contribution in [-0.4, -0.2) is 35.8 Å². The van der Waals surface area contributed by atoms with Gasteiger partial charge in [-0.25, -0.2) is 13.1 Å². The lowest BCUT2D eigenvalue weighted by Crippen LogP contribution is -2.24. The van der Waals surface area contributed by atoms with E-state index in [0.29, 0.717) is 22.7 Å². The minimum atomic E-state index is -3.95. The summed E-state index contributed by atoms with van der Waals surface area (Å²) in [5.74, 6) is 1.04. The second-order valence-corrected chi connectivity index (χ2v) is 7.56. The molecule has 0 aliphatic rings. The third-order valence-electron chi connectivity index (χ3n) is 3.98. The molecule has 10 nitrogen and oxygen atoms in total. The Morgan fingerprint density at radius 1 is 1.10 bits per heavy atom. The molecule has 148 valence electrons. The zero-order chi connectivity index (χ0) is 20.3. The molecule has 0 aliphatic heterocycles. The summed E-state index contributed by atoms with van der Waals surface area (Å²) < 4.78 is 43.5. The van der Waals surface area contributed by atoms with Crippen molar-refractivity contribution in [3.05, 3.63) is 60.9 Å². The fraction of sp³-hybridized carbons (Fsp3) is 0.111. The summed E-state index contributed by atoms with van der Waals surface area (Å²) in [6, 6.07) is 9.80. The highest BCUT2D eigenvalue weighted by molar-refractivity contribution is 7.89. The number of ether oxygens (including phenoxy) is 1. The van der Waals surface area contributed by atoms with E-state index in [4.69, 9.17) is 13.8 Å². The molecule has 11 heteroatoms. The Balaban J connectivity index is 1.56. The number of nitrogens with zero attached hydrogens (tertiary/aromatic N) is 4. The Labute approximate surface area is 165 Å². The van der Waals surface area contributed by atoms with Crippen molar-refractivity contribution in [2.45, 2.75) is 11.4 Å². The van der Waals surface area contributed by atoms with Crippen LogP contribution in [0.3, 0.4) is 0 Å². The first-order valence-corrected chi connectivity index (χ1v) is 9.87. The highest BCUT2D eigenvalue weighted by Crippen LogP contribution is 2.29. The summed E-state index contributed by atoms with van der Waals surface area (Å²) in [5, 5.41) is 7.47.